The van der Waals surface area contributed by atoms with Gasteiger partial charge in [-0.05, 0) is 24.3 Å². The number of fused-ring (bicyclic) bond motifs is 1. The normalized spacial score (nSPS) is 12.0. The molecule has 0 atom stereocenters. The molecule has 2 aromatic heterocycles. The summed E-state index contributed by atoms with van der Waals surface area (Å²) in [5.41, 5.74) is 0.552. The van der Waals surface area contributed by atoms with Gasteiger partial charge in [0.1, 0.15) is 11.5 Å². The Morgan fingerprint density at radius 3 is 2.50 bits per heavy atom. The van der Waals surface area contributed by atoms with Crippen LogP contribution in [0.2, 0.25) is 0 Å². The molecule has 0 unspecified atom stereocenters. The molecule has 2 heterocycles. The molecule has 1 aromatic carbocycles. The number of imidazole rings is 1. The van der Waals surface area contributed by atoms with Crippen LogP contribution < -0.4 is 0 Å². The van der Waals surface area contributed by atoms with Crippen molar-refractivity contribution in [1.29, 1.82) is 0 Å². The van der Waals surface area contributed by atoms with E-state index in [0.717, 1.165) is 12.3 Å². The summed E-state index contributed by atoms with van der Waals surface area (Å²) in [6, 6.07) is 8.00. The van der Waals surface area contributed by atoms with Crippen LogP contribution in [0.5, 0.6) is 0 Å². The van der Waals surface area contributed by atoms with Gasteiger partial charge in [0, 0.05) is 18.0 Å². The van der Waals surface area contributed by atoms with Crippen molar-refractivity contribution in [2.24, 2.45) is 0 Å². The van der Waals surface area contributed by atoms with Gasteiger partial charge in [0.2, 0.25) is 0 Å². The second-order valence-electron chi connectivity index (χ2n) is 4.32. The Morgan fingerprint density at radius 1 is 1.00 bits per heavy atom. The zero-order valence-corrected chi connectivity index (χ0v) is 10.0. The molecule has 6 heteroatoms. The minimum atomic E-state index is -4.41. The van der Waals surface area contributed by atoms with Crippen LogP contribution in [-0.2, 0) is 6.18 Å². The molecular weight excluding hydrogens is 272 g/mol. The highest BCUT2D eigenvalue weighted by Gasteiger charge is 2.30. The van der Waals surface area contributed by atoms with Gasteiger partial charge in [-0.25, -0.2) is 9.37 Å². The molecule has 0 spiro atoms. The summed E-state index contributed by atoms with van der Waals surface area (Å²) >= 11 is 0. The number of alkyl halides is 3. The van der Waals surface area contributed by atoms with Gasteiger partial charge in [-0.1, -0.05) is 12.1 Å². The zero-order chi connectivity index (χ0) is 14.3. The summed E-state index contributed by atoms with van der Waals surface area (Å²) in [6.07, 6.45) is -2.00. The molecule has 102 valence electrons. The largest absolute Gasteiger partial charge is 0.417 e. The first-order valence-corrected chi connectivity index (χ1v) is 5.75. The SMILES string of the molecule is Fc1cccc(-c2cn3cc(C(F)(F)F)ccc3n2)c1. The van der Waals surface area contributed by atoms with Gasteiger partial charge in [-0.15, -0.1) is 0 Å². The topological polar surface area (TPSA) is 17.3 Å². The number of halogens is 4. The van der Waals surface area contributed by atoms with E-state index in [9.17, 15) is 17.6 Å². The maximum atomic E-state index is 13.1. The lowest BCUT2D eigenvalue weighted by molar-refractivity contribution is -0.137. The van der Waals surface area contributed by atoms with Crippen LogP contribution in [0.3, 0.4) is 0 Å². The van der Waals surface area contributed by atoms with Gasteiger partial charge in [-0.3, -0.25) is 0 Å². The molecular formula is C14H8F4N2. The van der Waals surface area contributed by atoms with E-state index in [-0.39, 0.29) is 0 Å². The van der Waals surface area contributed by atoms with Crippen molar-refractivity contribution in [3.05, 3.63) is 60.2 Å². The highest BCUT2D eigenvalue weighted by molar-refractivity contribution is 5.62. The van der Waals surface area contributed by atoms with Gasteiger partial charge in [0.25, 0.3) is 0 Å². The predicted octanol–water partition coefficient (Wildman–Crippen LogP) is 4.16. The molecule has 0 aliphatic heterocycles. The van der Waals surface area contributed by atoms with Gasteiger partial charge < -0.3 is 4.40 Å². The average molecular weight is 280 g/mol. The van der Waals surface area contributed by atoms with E-state index in [1.54, 1.807) is 6.07 Å². The molecule has 0 radical (unpaired) electrons. The third kappa shape index (κ3) is 2.24. The molecule has 0 amide bonds. The molecule has 0 bridgehead atoms. The fraction of sp³-hybridized carbons (Fsp3) is 0.0714. The molecule has 0 N–H and O–H groups in total. The van der Waals surface area contributed by atoms with Crippen LogP contribution >= 0.6 is 0 Å². The first kappa shape index (κ1) is 12.7. The Hall–Kier alpha value is -2.37. The summed E-state index contributed by atoms with van der Waals surface area (Å²) in [7, 11) is 0. The van der Waals surface area contributed by atoms with Gasteiger partial charge in [-0.2, -0.15) is 13.2 Å². The monoisotopic (exact) mass is 280 g/mol. The van der Waals surface area contributed by atoms with E-state index >= 15 is 0 Å². The first-order chi connectivity index (χ1) is 9.43. The Bertz CT molecular complexity index is 774. The number of pyridine rings is 1. The Morgan fingerprint density at radius 2 is 1.80 bits per heavy atom. The van der Waals surface area contributed by atoms with E-state index in [4.69, 9.17) is 0 Å². The minimum Gasteiger partial charge on any atom is -0.306 e. The molecule has 0 saturated carbocycles. The predicted molar refractivity (Wildman–Crippen MR) is 65.6 cm³/mol. The molecule has 0 saturated heterocycles. The second kappa shape index (κ2) is 4.33. The third-order valence-corrected chi connectivity index (χ3v) is 2.90. The number of hydrogen-bond acceptors (Lipinski definition) is 1. The molecule has 0 aliphatic carbocycles. The quantitative estimate of drug-likeness (QED) is 0.612. The van der Waals surface area contributed by atoms with E-state index in [2.05, 4.69) is 4.98 Å². The highest BCUT2D eigenvalue weighted by atomic mass is 19.4. The van der Waals surface area contributed by atoms with Gasteiger partial charge in [0.15, 0.2) is 0 Å². The van der Waals surface area contributed by atoms with E-state index in [1.807, 2.05) is 0 Å². The van der Waals surface area contributed by atoms with Crippen molar-refractivity contribution >= 4 is 5.65 Å². The van der Waals surface area contributed by atoms with Crippen LogP contribution in [0.4, 0.5) is 17.6 Å². The molecule has 20 heavy (non-hydrogen) atoms. The lowest BCUT2D eigenvalue weighted by atomic mass is 10.2. The van der Waals surface area contributed by atoms with Gasteiger partial charge in [0.05, 0.1) is 11.3 Å². The summed E-state index contributed by atoms with van der Waals surface area (Å²) in [5, 5.41) is 0. The second-order valence-corrected chi connectivity index (χ2v) is 4.32. The molecule has 0 aliphatic rings. The number of hydrogen-bond donors (Lipinski definition) is 0. The lowest BCUT2D eigenvalue weighted by Gasteiger charge is -2.05. The first-order valence-electron chi connectivity index (χ1n) is 5.75. The van der Waals surface area contributed by atoms with E-state index in [1.165, 1.54) is 34.9 Å². The average Bonchev–Trinajstić information content (AvgIpc) is 2.80. The Balaban J connectivity index is 2.11. The highest BCUT2D eigenvalue weighted by Crippen LogP contribution is 2.30. The summed E-state index contributed by atoms with van der Waals surface area (Å²) < 4.78 is 52.3. The minimum absolute atomic E-state index is 0.372. The van der Waals surface area contributed by atoms with Crippen molar-refractivity contribution in [2.75, 3.05) is 0 Å². The van der Waals surface area contributed by atoms with Crippen LogP contribution in [0.15, 0.2) is 48.8 Å². The maximum absolute atomic E-state index is 13.1. The van der Waals surface area contributed by atoms with Gasteiger partial charge >= 0.3 is 6.18 Å². The van der Waals surface area contributed by atoms with E-state index < -0.39 is 17.6 Å². The third-order valence-electron chi connectivity index (χ3n) is 2.90. The molecule has 3 aromatic rings. The summed E-state index contributed by atoms with van der Waals surface area (Å²) in [5.74, 6) is -0.421. The fourth-order valence-electron chi connectivity index (χ4n) is 1.95. The van der Waals surface area contributed by atoms with Crippen molar-refractivity contribution in [3.8, 4) is 11.3 Å². The van der Waals surface area contributed by atoms with E-state index in [0.29, 0.717) is 16.9 Å². The lowest BCUT2D eigenvalue weighted by Crippen LogP contribution is -2.05. The number of benzene rings is 1. The number of nitrogens with zero attached hydrogens (tertiary/aromatic N) is 2. The van der Waals surface area contributed by atoms with Crippen molar-refractivity contribution in [2.45, 2.75) is 6.18 Å². The summed E-state index contributed by atoms with van der Waals surface area (Å²) in [4.78, 5) is 4.18. The number of aromatic nitrogens is 2. The maximum Gasteiger partial charge on any atom is 0.417 e. The van der Waals surface area contributed by atoms with Crippen LogP contribution in [0, 0.1) is 5.82 Å². The smallest absolute Gasteiger partial charge is 0.306 e. The van der Waals surface area contributed by atoms with Crippen LogP contribution in [-0.4, -0.2) is 9.38 Å². The van der Waals surface area contributed by atoms with Crippen LogP contribution in [0.1, 0.15) is 5.56 Å². The van der Waals surface area contributed by atoms with Crippen molar-refractivity contribution in [1.82, 2.24) is 9.38 Å². The Kier molecular flexibility index (Phi) is 2.74. The zero-order valence-electron chi connectivity index (χ0n) is 10.0. The van der Waals surface area contributed by atoms with Crippen molar-refractivity contribution in [3.63, 3.8) is 0 Å². The Labute approximate surface area is 111 Å². The molecule has 0 fully saturated rings. The van der Waals surface area contributed by atoms with Crippen molar-refractivity contribution < 1.29 is 17.6 Å². The van der Waals surface area contributed by atoms with Crippen LogP contribution in [0.25, 0.3) is 16.9 Å². The molecule has 3 rings (SSSR count). The fourth-order valence-corrected chi connectivity index (χ4v) is 1.95. The number of rotatable bonds is 1. The molecule has 2 nitrogen and oxygen atoms in total. The summed E-state index contributed by atoms with van der Waals surface area (Å²) in [6.45, 7) is 0. The standard InChI is InChI=1S/C14H8F4N2/c15-11-3-1-2-9(6-11)12-8-20-7-10(14(16,17)18)4-5-13(20)19-12/h1-8H.